The molecule has 1 aromatic carbocycles. The highest BCUT2D eigenvalue weighted by Gasteiger charge is 2.27. The van der Waals surface area contributed by atoms with Gasteiger partial charge >= 0.3 is 0 Å². The predicted molar refractivity (Wildman–Crippen MR) is 116 cm³/mol. The number of benzene rings is 1. The van der Waals surface area contributed by atoms with Crippen molar-refractivity contribution in [3.63, 3.8) is 0 Å². The monoisotopic (exact) mass is 429 g/mol. The summed E-state index contributed by atoms with van der Waals surface area (Å²) in [6.07, 6.45) is 4.72. The second kappa shape index (κ2) is 9.87. The highest BCUT2D eigenvalue weighted by molar-refractivity contribution is 5.78. The summed E-state index contributed by atoms with van der Waals surface area (Å²) in [4.78, 5) is 23.8. The van der Waals surface area contributed by atoms with Gasteiger partial charge in [0.2, 0.25) is 17.6 Å². The largest absolute Gasteiger partial charge is 0.342 e. The van der Waals surface area contributed by atoms with Gasteiger partial charge in [0.15, 0.2) is 0 Å². The van der Waals surface area contributed by atoms with Crippen molar-refractivity contribution in [1.82, 2.24) is 24.8 Å². The Bertz CT molecular complexity index is 886. The predicted octanol–water partition coefficient (Wildman–Crippen LogP) is 3.27. The summed E-state index contributed by atoms with van der Waals surface area (Å²) in [7, 11) is 0. The molecule has 2 aliphatic rings. The Kier molecular flexibility index (Phi) is 6.97. The van der Waals surface area contributed by atoms with E-state index in [9.17, 15) is 9.18 Å². The fourth-order valence-corrected chi connectivity index (χ4v) is 4.38. The minimum atomic E-state index is -0.243. The van der Waals surface area contributed by atoms with Crippen molar-refractivity contribution >= 4 is 5.91 Å². The number of carbonyl (C=O) groups excluding carboxylic acids is 1. The molecule has 0 spiro atoms. The van der Waals surface area contributed by atoms with Gasteiger partial charge in [-0.25, -0.2) is 4.39 Å². The number of hydrogen-bond acceptors (Lipinski definition) is 6. The Hall–Kier alpha value is -2.32. The molecule has 0 saturated carbocycles. The van der Waals surface area contributed by atoms with Gasteiger partial charge in [-0.2, -0.15) is 4.98 Å². The van der Waals surface area contributed by atoms with E-state index in [0.717, 1.165) is 57.7 Å². The van der Waals surface area contributed by atoms with E-state index in [4.69, 9.17) is 4.52 Å². The van der Waals surface area contributed by atoms with Crippen LogP contribution in [0.2, 0.25) is 0 Å². The molecule has 2 fully saturated rings. The van der Waals surface area contributed by atoms with Crippen molar-refractivity contribution in [3.05, 3.63) is 35.5 Å². The molecule has 168 valence electrons. The lowest BCUT2D eigenvalue weighted by Gasteiger charge is -2.37. The number of amides is 1. The van der Waals surface area contributed by atoms with Crippen LogP contribution in [0.1, 0.15) is 50.1 Å². The first kappa shape index (κ1) is 21.9. The summed E-state index contributed by atoms with van der Waals surface area (Å²) >= 11 is 0. The quantitative estimate of drug-likeness (QED) is 0.727. The second-order valence-electron chi connectivity index (χ2n) is 8.70. The zero-order valence-electron chi connectivity index (χ0n) is 18.5. The lowest BCUT2D eigenvalue weighted by atomic mass is 10.1. The minimum absolute atomic E-state index is 0.00810. The minimum Gasteiger partial charge on any atom is -0.342 e. The van der Waals surface area contributed by atoms with E-state index in [1.165, 1.54) is 18.9 Å². The third kappa shape index (κ3) is 5.30. The number of aryl methyl sites for hydroxylation is 1. The SMILES string of the molecule is Cc1cc(-c2noc(C(C)N3CCN(CC(=O)N4CCCCCC4)CC3)n2)ccc1F. The molecule has 1 amide bonds. The third-order valence-electron chi connectivity index (χ3n) is 6.49. The average molecular weight is 430 g/mol. The normalized spacial score (nSPS) is 19.9. The molecule has 31 heavy (non-hydrogen) atoms. The van der Waals surface area contributed by atoms with Crippen molar-refractivity contribution in [2.24, 2.45) is 0 Å². The summed E-state index contributed by atoms with van der Waals surface area (Å²) in [6, 6.07) is 4.82. The summed E-state index contributed by atoms with van der Waals surface area (Å²) in [6.45, 7) is 9.50. The summed E-state index contributed by atoms with van der Waals surface area (Å²) in [5, 5.41) is 4.09. The molecule has 2 aromatic rings. The Morgan fingerprint density at radius 1 is 1.10 bits per heavy atom. The van der Waals surface area contributed by atoms with Crippen LogP contribution < -0.4 is 0 Å². The van der Waals surface area contributed by atoms with Gasteiger partial charge in [-0.1, -0.05) is 18.0 Å². The number of piperazine rings is 1. The van der Waals surface area contributed by atoms with Gasteiger partial charge in [-0.3, -0.25) is 14.6 Å². The molecular formula is C23H32FN5O2. The molecule has 3 heterocycles. The molecule has 0 bridgehead atoms. The first-order valence-electron chi connectivity index (χ1n) is 11.4. The molecular weight excluding hydrogens is 397 g/mol. The molecule has 7 nitrogen and oxygen atoms in total. The van der Waals surface area contributed by atoms with Gasteiger partial charge in [-0.05, 0) is 50.5 Å². The zero-order valence-corrected chi connectivity index (χ0v) is 18.5. The van der Waals surface area contributed by atoms with Gasteiger partial charge in [-0.15, -0.1) is 0 Å². The van der Waals surface area contributed by atoms with Crippen LogP contribution in [-0.2, 0) is 4.79 Å². The van der Waals surface area contributed by atoms with Crippen LogP contribution in [0.4, 0.5) is 4.39 Å². The Morgan fingerprint density at radius 3 is 2.48 bits per heavy atom. The maximum atomic E-state index is 13.5. The number of rotatable bonds is 5. The number of aromatic nitrogens is 2. The summed E-state index contributed by atoms with van der Waals surface area (Å²) < 4.78 is 19.0. The first-order chi connectivity index (χ1) is 15.0. The standard InChI is InChI=1S/C23H32FN5O2/c1-17-15-19(7-8-20(17)24)22-25-23(31-26-22)18(2)28-13-11-27(12-14-28)16-21(30)29-9-5-3-4-6-10-29/h7-8,15,18H,3-6,9-14,16H2,1-2H3. The lowest BCUT2D eigenvalue weighted by molar-refractivity contribution is -0.132. The maximum absolute atomic E-state index is 13.5. The van der Waals surface area contributed by atoms with Gasteiger partial charge in [0.05, 0.1) is 12.6 Å². The molecule has 1 atom stereocenters. The van der Waals surface area contributed by atoms with Crippen LogP contribution >= 0.6 is 0 Å². The van der Waals surface area contributed by atoms with Gasteiger partial charge < -0.3 is 9.42 Å². The number of halogens is 1. The van der Waals surface area contributed by atoms with Crippen molar-refractivity contribution in [2.75, 3.05) is 45.8 Å². The fourth-order valence-electron chi connectivity index (χ4n) is 4.38. The van der Waals surface area contributed by atoms with Crippen LogP contribution in [-0.4, -0.2) is 76.6 Å². The van der Waals surface area contributed by atoms with E-state index in [1.54, 1.807) is 19.1 Å². The Morgan fingerprint density at radius 2 is 1.81 bits per heavy atom. The summed E-state index contributed by atoms with van der Waals surface area (Å²) in [5.41, 5.74) is 1.31. The number of hydrogen-bond donors (Lipinski definition) is 0. The second-order valence-corrected chi connectivity index (χ2v) is 8.70. The van der Waals surface area contributed by atoms with E-state index in [-0.39, 0.29) is 17.8 Å². The molecule has 0 N–H and O–H groups in total. The number of likely N-dealkylation sites (tertiary alicyclic amines) is 1. The van der Waals surface area contributed by atoms with Crippen molar-refractivity contribution in [3.8, 4) is 11.4 Å². The van der Waals surface area contributed by atoms with Gasteiger partial charge in [0.1, 0.15) is 5.82 Å². The molecule has 0 radical (unpaired) electrons. The van der Waals surface area contributed by atoms with E-state index < -0.39 is 0 Å². The Balaban J connectivity index is 1.30. The molecule has 4 rings (SSSR count). The van der Waals surface area contributed by atoms with Crippen LogP contribution in [0.25, 0.3) is 11.4 Å². The lowest BCUT2D eigenvalue weighted by Crippen LogP contribution is -2.50. The molecule has 8 heteroatoms. The van der Waals surface area contributed by atoms with Crippen LogP contribution in [0, 0.1) is 12.7 Å². The highest BCUT2D eigenvalue weighted by Crippen LogP contribution is 2.24. The Labute approximate surface area is 183 Å². The third-order valence-corrected chi connectivity index (χ3v) is 6.49. The molecule has 1 aromatic heterocycles. The van der Waals surface area contributed by atoms with Crippen LogP contribution in [0.3, 0.4) is 0 Å². The smallest absolute Gasteiger partial charge is 0.244 e. The van der Waals surface area contributed by atoms with Crippen LogP contribution in [0.15, 0.2) is 22.7 Å². The topological polar surface area (TPSA) is 65.7 Å². The van der Waals surface area contributed by atoms with E-state index in [1.807, 2.05) is 4.90 Å². The summed E-state index contributed by atoms with van der Waals surface area (Å²) in [5.74, 6) is 1.06. The van der Waals surface area contributed by atoms with Gasteiger partial charge in [0.25, 0.3) is 0 Å². The van der Waals surface area contributed by atoms with E-state index in [2.05, 4.69) is 26.9 Å². The number of carbonyl (C=O) groups is 1. The fraction of sp³-hybridized carbons (Fsp3) is 0.609. The van der Waals surface area contributed by atoms with E-state index in [0.29, 0.717) is 23.8 Å². The highest BCUT2D eigenvalue weighted by atomic mass is 19.1. The molecule has 2 aliphatic heterocycles. The molecule has 1 unspecified atom stereocenters. The first-order valence-corrected chi connectivity index (χ1v) is 11.4. The number of nitrogens with zero attached hydrogens (tertiary/aromatic N) is 5. The van der Waals surface area contributed by atoms with Crippen molar-refractivity contribution < 1.29 is 13.7 Å². The van der Waals surface area contributed by atoms with Crippen molar-refractivity contribution in [2.45, 2.75) is 45.6 Å². The van der Waals surface area contributed by atoms with Gasteiger partial charge in [0, 0.05) is 44.8 Å². The van der Waals surface area contributed by atoms with Crippen LogP contribution in [0.5, 0.6) is 0 Å². The maximum Gasteiger partial charge on any atom is 0.244 e. The molecule has 2 saturated heterocycles. The van der Waals surface area contributed by atoms with E-state index >= 15 is 0 Å². The van der Waals surface area contributed by atoms with Crippen molar-refractivity contribution in [1.29, 1.82) is 0 Å². The average Bonchev–Trinajstić information content (AvgIpc) is 3.10. The molecule has 0 aliphatic carbocycles. The zero-order chi connectivity index (χ0) is 21.8.